The summed E-state index contributed by atoms with van der Waals surface area (Å²) in [4.78, 5) is 79.6. The number of phenolic OH excluding ortho intramolecular Hbond substituents is 1. The molecule has 0 saturated carbocycles. The Morgan fingerprint density at radius 1 is 0.804 bits per heavy atom. The van der Waals surface area contributed by atoms with Crippen LogP contribution in [0.15, 0.2) is 85.1 Å². The summed E-state index contributed by atoms with van der Waals surface area (Å²) in [5, 5.41) is 35.7. The van der Waals surface area contributed by atoms with E-state index in [0.717, 1.165) is 22.0 Å². The first-order valence-corrected chi connectivity index (χ1v) is 17.4. The molecule has 1 saturated heterocycles. The van der Waals surface area contributed by atoms with Crippen LogP contribution in [-0.4, -0.2) is 104 Å². The summed E-state index contributed by atoms with van der Waals surface area (Å²) in [5.41, 5.74) is 8.49. The number of rotatable bonds is 14. The number of amides is 4. The third kappa shape index (κ3) is 11.8. The van der Waals surface area contributed by atoms with Crippen LogP contribution in [0.3, 0.4) is 0 Å². The summed E-state index contributed by atoms with van der Waals surface area (Å²) >= 11 is 0. The van der Waals surface area contributed by atoms with Gasteiger partial charge in [-0.3, -0.25) is 19.2 Å². The van der Waals surface area contributed by atoms with Crippen molar-refractivity contribution in [1.29, 1.82) is 0 Å². The zero-order valence-corrected chi connectivity index (χ0v) is 29.8. The fraction of sp³-hybridized carbons (Fsp3) is 0.316. The molecule has 1 aromatic heterocycles. The third-order valence-electron chi connectivity index (χ3n) is 8.91. The lowest BCUT2D eigenvalue weighted by Crippen LogP contribution is -2.58. The van der Waals surface area contributed by atoms with Crippen LogP contribution >= 0.6 is 0 Å². The number of aromatic amines is 1. The van der Waals surface area contributed by atoms with Crippen molar-refractivity contribution in [2.45, 2.75) is 62.4 Å². The quantitative estimate of drug-likeness (QED) is 0.0925. The summed E-state index contributed by atoms with van der Waals surface area (Å²) in [6.45, 7) is -0.0888. The summed E-state index contributed by atoms with van der Waals surface area (Å²) in [7, 11) is 0. The average molecular weight is 783 g/mol. The van der Waals surface area contributed by atoms with Gasteiger partial charge in [0.05, 0.1) is 6.54 Å². The molecule has 4 aromatic rings. The highest BCUT2D eigenvalue weighted by Gasteiger charge is 2.40. The molecule has 5 rings (SSSR count). The average Bonchev–Trinajstić information content (AvgIpc) is 3.83. The molecule has 0 aliphatic carbocycles. The van der Waals surface area contributed by atoms with Crippen LogP contribution in [0.25, 0.3) is 10.9 Å². The molecule has 56 heavy (non-hydrogen) atoms. The number of halogens is 3. The number of nitrogens with zero attached hydrogens (tertiary/aromatic N) is 1. The molecular formula is C38H41F3N6O9. The van der Waals surface area contributed by atoms with E-state index in [1.54, 1.807) is 42.6 Å². The lowest BCUT2D eigenvalue weighted by Gasteiger charge is -2.30. The van der Waals surface area contributed by atoms with E-state index >= 15 is 0 Å². The number of carbonyl (C=O) groups is 6. The minimum absolute atomic E-state index is 0.0392. The van der Waals surface area contributed by atoms with E-state index in [-0.39, 0.29) is 38.1 Å². The number of H-pyrrole nitrogens is 1. The SMILES string of the molecule is NCC(=O)N[C@H](Cc1ccc(O)cc1)C(=O)N1CCC[C@H]1C(=O)N[C@@H](Cc1c[nH]c2ccccc12)C(=O)N[C@@H](Cc1ccccc1)C(=O)O.O=C(O)C(F)(F)F. The van der Waals surface area contributed by atoms with Crippen molar-refractivity contribution in [1.82, 2.24) is 25.8 Å². The number of aromatic hydroxyl groups is 1. The monoisotopic (exact) mass is 782 g/mol. The topological polar surface area (TPSA) is 244 Å². The Morgan fingerprint density at radius 2 is 1.41 bits per heavy atom. The molecular weight excluding hydrogens is 741 g/mol. The van der Waals surface area contributed by atoms with E-state index in [1.807, 2.05) is 30.3 Å². The Morgan fingerprint density at radius 3 is 2.04 bits per heavy atom. The number of phenols is 1. The van der Waals surface area contributed by atoms with E-state index in [1.165, 1.54) is 17.0 Å². The first kappa shape index (κ1) is 42.3. The van der Waals surface area contributed by atoms with Gasteiger partial charge in [-0.25, -0.2) is 9.59 Å². The Balaban J connectivity index is 0.000000908. The molecule has 0 spiro atoms. The minimum Gasteiger partial charge on any atom is -0.508 e. The van der Waals surface area contributed by atoms with E-state index in [0.29, 0.717) is 18.4 Å². The number of fused-ring (bicyclic) bond motifs is 1. The number of carboxylic acids is 2. The number of alkyl halides is 3. The zero-order valence-electron chi connectivity index (χ0n) is 29.8. The van der Waals surface area contributed by atoms with Gasteiger partial charge in [-0.1, -0.05) is 60.7 Å². The Labute approximate surface area is 318 Å². The second-order valence-corrected chi connectivity index (χ2v) is 12.9. The van der Waals surface area contributed by atoms with Crippen LogP contribution in [0, 0.1) is 0 Å². The number of para-hydroxylation sites is 1. The Hall–Kier alpha value is -6.43. The first-order chi connectivity index (χ1) is 26.6. The van der Waals surface area contributed by atoms with Gasteiger partial charge in [-0.2, -0.15) is 13.2 Å². The molecule has 9 N–H and O–H groups in total. The van der Waals surface area contributed by atoms with E-state index in [9.17, 15) is 47.4 Å². The van der Waals surface area contributed by atoms with Crippen molar-refractivity contribution >= 4 is 46.5 Å². The number of hydrogen-bond donors (Lipinski definition) is 8. The van der Waals surface area contributed by atoms with Gasteiger partial charge in [0.2, 0.25) is 23.6 Å². The minimum atomic E-state index is -5.08. The predicted molar refractivity (Wildman–Crippen MR) is 195 cm³/mol. The van der Waals surface area contributed by atoms with Gasteiger partial charge in [0, 0.05) is 42.9 Å². The fourth-order valence-corrected chi connectivity index (χ4v) is 6.14. The zero-order chi connectivity index (χ0) is 41.0. The van der Waals surface area contributed by atoms with Gasteiger partial charge in [0.1, 0.15) is 29.9 Å². The number of nitrogens with one attached hydrogen (secondary N) is 4. The van der Waals surface area contributed by atoms with Crippen molar-refractivity contribution in [2.75, 3.05) is 13.1 Å². The molecule has 298 valence electrons. The summed E-state index contributed by atoms with van der Waals surface area (Å²) in [6, 6.07) is 18.2. The van der Waals surface area contributed by atoms with E-state index in [2.05, 4.69) is 20.9 Å². The van der Waals surface area contributed by atoms with Gasteiger partial charge in [-0.15, -0.1) is 0 Å². The van der Waals surface area contributed by atoms with Crippen LogP contribution < -0.4 is 21.7 Å². The number of carboxylic acid groups (broad SMARTS) is 2. The smallest absolute Gasteiger partial charge is 0.490 e. The normalized spacial score (nSPS) is 15.4. The third-order valence-corrected chi connectivity index (χ3v) is 8.91. The lowest BCUT2D eigenvalue weighted by atomic mass is 10.0. The van der Waals surface area contributed by atoms with Gasteiger partial charge >= 0.3 is 18.1 Å². The number of hydrogen-bond acceptors (Lipinski definition) is 8. The molecule has 0 bridgehead atoms. The number of carbonyl (C=O) groups excluding carboxylic acids is 4. The molecule has 1 aliphatic heterocycles. The van der Waals surface area contributed by atoms with E-state index < -0.39 is 65.9 Å². The van der Waals surface area contributed by atoms with Crippen molar-refractivity contribution in [3.8, 4) is 5.75 Å². The van der Waals surface area contributed by atoms with E-state index in [4.69, 9.17) is 15.6 Å². The van der Waals surface area contributed by atoms with Crippen LogP contribution in [0.4, 0.5) is 13.2 Å². The maximum atomic E-state index is 13.9. The number of aliphatic carboxylic acids is 2. The highest BCUT2D eigenvalue weighted by molar-refractivity contribution is 5.96. The van der Waals surface area contributed by atoms with Crippen molar-refractivity contribution < 1.29 is 57.3 Å². The molecule has 1 aliphatic rings. The van der Waals surface area contributed by atoms with Crippen molar-refractivity contribution in [3.63, 3.8) is 0 Å². The van der Waals surface area contributed by atoms with Crippen LogP contribution in [0.1, 0.15) is 29.5 Å². The Kier molecular flexibility index (Phi) is 14.5. The maximum Gasteiger partial charge on any atom is 0.490 e. The number of aromatic nitrogens is 1. The maximum absolute atomic E-state index is 13.9. The molecule has 0 unspecified atom stereocenters. The molecule has 4 amide bonds. The second kappa shape index (κ2) is 19.2. The highest BCUT2D eigenvalue weighted by Crippen LogP contribution is 2.23. The molecule has 3 aromatic carbocycles. The summed E-state index contributed by atoms with van der Waals surface area (Å²) in [6.07, 6.45) is -2.32. The molecule has 18 heteroatoms. The van der Waals surface area contributed by atoms with Gasteiger partial charge in [0.15, 0.2) is 0 Å². The number of benzene rings is 3. The Bertz CT molecular complexity index is 2010. The van der Waals surface area contributed by atoms with Crippen molar-refractivity contribution in [3.05, 3.63) is 102 Å². The largest absolute Gasteiger partial charge is 0.508 e. The van der Waals surface area contributed by atoms with Crippen LogP contribution in [0.5, 0.6) is 5.75 Å². The van der Waals surface area contributed by atoms with Gasteiger partial charge < -0.3 is 46.9 Å². The molecule has 0 radical (unpaired) electrons. The first-order valence-electron chi connectivity index (χ1n) is 17.4. The number of nitrogens with two attached hydrogens (primary N) is 1. The van der Waals surface area contributed by atoms with Crippen LogP contribution in [-0.2, 0) is 48.0 Å². The van der Waals surface area contributed by atoms with Crippen molar-refractivity contribution in [2.24, 2.45) is 5.73 Å². The fourth-order valence-electron chi connectivity index (χ4n) is 6.14. The predicted octanol–water partition coefficient (Wildman–Crippen LogP) is 2.02. The molecule has 1 fully saturated rings. The summed E-state index contributed by atoms with van der Waals surface area (Å²) < 4.78 is 31.7. The molecule has 4 atom stereocenters. The molecule has 2 heterocycles. The summed E-state index contributed by atoms with van der Waals surface area (Å²) in [5.74, 6) is -6.22. The number of likely N-dealkylation sites (tertiary alicyclic amines) is 1. The molecule has 15 nitrogen and oxygen atoms in total. The van der Waals surface area contributed by atoms with Crippen LogP contribution in [0.2, 0.25) is 0 Å². The lowest BCUT2D eigenvalue weighted by molar-refractivity contribution is -0.192. The second-order valence-electron chi connectivity index (χ2n) is 12.9. The van der Waals surface area contributed by atoms with Gasteiger partial charge in [0.25, 0.3) is 0 Å². The van der Waals surface area contributed by atoms with Gasteiger partial charge in [-0.05, 0) is 47.7 Å². The highest BCUT2D eigenvalue weighted by atomic mass is 19.4. The standard InChI is InChI=1S/C36H40N6O7.C2HF3O2/c37-20-32(44)39-29(17-23-12-14-25(43)15-13-23)35(47)42-16-6-11-31(42)34(46)40-28(19-24-21-38-27-10-5-4-9-26(24)27)33(45)41-30(36(48)49)18-22-7-2-1-3-8-22;3-2(4,5)1(6)7/h1-5,7-10,12-15,21,28-31,38,43H,6,11,16-20,37H2,(H,39,44)(H,40,46)(H,41,45)(H,48,49);(H,6,7)/t28-,29+,30-,31-;/m0./s1.